The number of amides is 1. The van der Waals surface area contributed by atoms with E-state index in [-0.39, 0.29) is 5.91 Å². The number of aromatic nitrogens is 1. The smallest absolute Gasteiger partial charge is 0.217 e. The number of thiazole rings is 1. The summed E-state index contributed by atoms with van der Waals surface area (Å²) in [4.78, 5) is 15.0. The highest BCUT2D eigenvalue weighted by molar-refractivity contribution is 7.22. The summed E-state index contributed by atoms with van der Waals surface area (Å²) in [6.45, 7) is 0.694. The molecule has 0 aliphatic rings. The number of rotatable bonds is 6. The second-order valence-electron chi connectivity index (χ2n) is 3.85. The van der Waals surface area contributed by atoms with Gasteiger partial charge in [0.05, 0.1) is 17.3 Å². The molecule has 5 nitrogen and oxygen atoms in total. The predicted octanol–water partition coefficient (Wildman–Crippen LogP) is 1.98. The van der Waals surface area contributed by atoms with Crippen LogP contribution in [0.15, 0.2) is 18.2 Å². The van der Waals surface area contributed by atoms with Crippen LogP contribution in [-0.4, -0.2) is 24.5 Å². The minimum atomic E-state index is -0.272. The number of hydrogen-bond acceptors (Lipinski definition) is 5. The first-order chi connectivity index (χ1) is 8.69. The van der Waals surface area contributed by atoms with Crippen molar-refractivity contribution < 1.29 is 9.53 Å². The maximum Gasteiger partial charge on any atom is 0.217 e. The molecule has 1 heterocycles. The fraction of sp³-hybridized carbons (Fsp3) is 0.333. The third-order valence-electron chi connectivity index (χ3n) is 2.47. The molecule has 0 spiro atoms. The summed E-state index contributed by atoms with van der Waals surface area (Å²) in [7, 11) is 1.64. The average Bonchev–Trinajstić information content (AvgIpc) is 2.75. The number of nitrogens with zero attached hydrogens (tertiary/aromatic N) is 1. The zero-order valence-corrected chi connectivity index (χ0v) is 10.9. The summed E-state index contributed by atoms with van der Waals surface area (Å²) >= 11 is 1.57. The molecule has 0 radical (unpaired) electrons. The van der Waals surface area contributed by atoms with Crippen LogP contribution in [-0.2, 0) is 4.79 Å². The highest BCUT2D eigenvalue weighted by atomic mass is 32.1. The molecule has 96 valence electrons. The first-order valence-electron chi connectivity index (χ1n) is 5.66. The first-order valence-corrected chi connectivity index (χ1v) is 6.47. The molecule has 18 heavy (non-hydrogen) atoms. The molecule has 3 N–H and O–H groups in total. The lowest BCUT2D eigenvalue weighted by Crippen LogP contribution is -2.12. The number of fused-ring (bicyclic) bond motifs is 1. The molecule has 0 fully saturated rings. The van der Waals surface area contributed by atoms with E-state index in [0.29, 0.717) is 19.4 Å². The van der Waals surface area contributed by atoms with E-state index in [9.17, 15) is 4.79 Å². The van der Waals surface area contributed by atoms with Gasteiger partial charge in [-0.05, 0) is 24.6 Å². The number of primary amides is 1. The lowest BCUT2D eigenvalue weighted by atomic mass is 10.3. The molecule has 1 amide bonds. The van der Waals surface area contributed by atoms with E-state index in [1.165, 1.54) is 0 Å². The Hall–Kier alpha value is -1.82. The Bertz CT molecular complexity index is 553. The SMILES string of the molecule is COc1ccc2nc(NCCCC(N)=O)sc2c1. The van der Waals surface area contributed by atoms with Crippen LogP contribution in [0.2, 0.25) is 0 Å². The number of nitrogens with one attached hydrogen (secondary N) is 1. The van der Waals surface area contributed by atoms with Gasteiger partial charge in [0.1, 0.15) is 5.75 Å². The number of methoxy groups -OCH3 is 1. The van der Waals surface area contributed by atoms with Gasteiger partial charge in [-0.1, -0.05) is 11.3 Å². The van der Waals surface area contributed by atoms with E-state index in [1.807, 2.05) is 18.2 Å². The summed E-state index contributed by atoms with van der Waals surface area (Å²) < 4.78 is 6.24. The summed E-state index contributed by atoms with van der Waals surface area (Å²) in [6, 6.07) is 5.78. The number of anilines is 1. The van der Waals surface area contributed by atoms with Crippen molar-refractivity contribution >= 4 is 32.6 Å². The minimum Gasteiger partial charge on any atom is -0.497 e. The predicted molar refractivity (Wildman–Crippen MR) is 73.1 cm³/mol. The van der Waals surface area contributed by atoms with Crippen LogP contribution in [0.25, 0.3) is 10.2 Å². The average molecular weight is 265 g/mol. The van der Waals surface area contributed by atoms with Gasteiger partial charge in [-0.3, -0.25) is 4.79 Å². The van der Waals surface area contributed by atoms with Crippen molar-refractivity contribution in [2.45, 2.75) is 12.8 Å². The van der Waals surface area contributed by atoms with Gasteiger partial charge in [-0.2, -0.15) is 0 Å². The Morgan fingerprint density at radius 1 is 1.56 bits per heavy atom. The molecule has 0 atom stereocenters. The lowest BCUT2D eigenvalue weighted by molar-refractivity contribution is -0.118. The van der Waals surface area contributed by atoms with Crippen LogP contribution in [0.5, 0.6) is 5.75 Å². The van der Waals surface area contributed by atoms with Crippen molar-refractivity contribution in [1.82, 2.24) is 4.98 Å². The van der Waals surface area contributed by atoms with Gasteiger partial charge >= 0.3 is 0 Å². The lowest BCUT2D eigenvalue weighted by Gasteiger charge is -1.99. The van der Waals surface area contributed by atoms with E-state index >= 15 is 0 Å². The van der Waals surface area contributed by atoms with Crippen molar-refractivity contribution in [3.8, 4) is 5.75 Å². The molecule has 0 bridgehead atoms. The third kappa shape index (κ3) is 3.10. The van der Waals surface area contributed by atoms with Gasteiger partial charge in [0.25, 0.3) is 0 Å². The fourth-order valence-electron chi connectivity index (χ4n) is 1.57. The highest BCUT2D eigenvalue weighted by Crippen LogP contribution is 2.28. The topological polar surface area (TPSA) is 77.2 Å². The number of hydrogen-bond donors (Lipinski definition) is 2. The number of benzene rings is 1. The minimum absolute atomic E-state index is 0.272. The number of carbonyl (C=O) groups is 1. The summed E-state index contributed by atoms with van der Waals surface area (Å²) in [5.41, 5.74) is 6.01. The summed E-state index contributed by atoms with van der Waals surface area (Å²) in [5, 5.41) is 4.04. The van der Waals surface area contributed by atoms with Gasteiger partial charge < -0.3 is 15.8 Å². The maximum atomic E-state index is 10.6. The Kier molecular flexibility index (Phi) is 3.99. The van der Waals surface area contributed by atoms with Crippen molar-refractivity contribution in [2.75, 3.05) is 19.0 Å². The van der Waals surface area contributed by atoms with E-state index in [0.717, 1.165) is 21.1 Å². The Morgan fingerprint density at radius 2 is 2.39 bits per heavy atom. The van der Waals surface area contributed by atoms with Crippen LogP contribution in [0, 0.1) is 0 Å². The van der Waals surface area contributed by atoms with Crippen molar-refractivity contribution in [2.24, 2.45) is 5.73 Å². The molecule has 1 aromatic heterocycles. The fourth-order valence-corrected chi connectivity index (χ4v) is 2.49. The molecule has 2 rings (SSSR count). The van der Waals surface area contributed by atoms with Crippen LogP contribution < -0.4 is 15.8 Å². The zero-order chi connectivity index (χ0) is 13.0. The number of nitrogens with two attached hydrogens (primary N) is 1. The zero-order valence-electron chi connectivity index (χ0n) is 10.1. The molecule has 0 unspecified atom stereocenters. The van der Waals surface area contributed by atoms with Gasteiger partial charge in [-0.25, -0.2) is 4.98 Å². The Labute approximate surface area is 109 Å². The third-order valence-corrected chi connectivity index (χ3v) is 3.45. The van der Waals surface area contributed by atoms with E-state index in [1.54, 1.807) is 18.4 Å². The molecular formula is C12H15N3O2S. The highest BCUT2D eigenvalue weighted by Gasteiger charge is 2.04. The summed E-state index contributed by atoms with van der Waals surface area (Å²) in [6.07, 6.45) is 1.11. The molecule has 1 aromatic carbocycles. The second kappa shape index (κ2) is 5.68. The molecule has 0 aliphatic carbocycles. The van der Waals surface area contributed by atoms with Crippen LogP contribution in [0.3, 0.4) is 0 Å². The summed E-state index contributed by atoms with van der Waals surface area (Å²) in [5.74, 6) is 0.553. The number of carbonyl (C=O) groups excluding carboxylic acids is 1. The Balaban J connectivity index is 1.99. The van der Waals surface area contributed by atoms with Gasteiger partial charge in [0.15, 0.2) is 5.13 Å². The van der Waals surface area contributed by atoms with Crippen LogP contribution in [0.4, 0.5) is 5.13 Å². The van der Waals surface area contributed by atoms with E-state index in [2.05, 4.69) is 10.3 Å². The van der Waals surface area contributed by atoms with Crippen molar-refractivity contribution in [1.29, 1.82) is 0 Å². The largest absolute Gasteiger partial charge is 0.497 e. The molecule has 0 aliphatic heterocycles. The molecular weight excluding hydrogens is 250 g/mol. The first kappa shape index (κ1) is 12.6. The second-order valence-corrected chi connectivity index (χ2v) is 4.88. The molecule has 0 saturated carbocycles. The van der Waals surface area contributed by atoms with E-state index in [4.69, 9.17) is 10.5 Å². The number of ether oxygens (including phenoxy) is 1. The Morgan fingerprint density at radius 3 is 3.11 bits per heavy atom. The maximum absolute atomic E-state index is 10.6. The van der Waals surface area contributed by atoms with Crippen LogP contribution >= 0.6 is 11.3 Å². The van der Waals surface area contributed by atoms with Crippen molar-refractivity contribution in [3.63, 3.8) is 0 Å². The normalized spacial score (nSPS) is 10.5. The van der Waals surface area contributed by atoms with Gasteiger partial charge in [0, 0.05) is 13.0 Å². The van der Waals surface area contributed by atoms with Gasteiger partial charge in [-0.15, -0.1) is 0 Å². The molecule has 0 saturated heterocycles. The monoisotopic (exact) mass is 265 g/mol. The van der Waals surface area contributed by atoms with E-state index < -0.39 is 0 Å². The van der Waals surface area contributed by atoms with Crippen molar-refractivity contribution in [3.05, 3.63) is 18.2 Å². The standard InChI is InChI=1S/C12H15N3O2S/c1-17-8-4-5-9-10(7-8)18-12(15-9)14-6-2-3-11(13)16/h4-5,7H,2-3,6H2,1H3,(H2,13,16)(H,14,15). The molecule has 2 aromatic rings. The van der Waals surface area contributed by atoms with Gasteiger partial charge in [0.2, 0.25) is 5.91 Å². The molecule has 6 heteroatoms. The van der Waals surface area contributed by atoms with Crippen LogP contribution in [0.1, 0.15) is 12.8 Å². The quantitative estimate of drug-likeness (QED) is 0.783.